The van der Waals surface area contributed by atoms with Crippen LogP contribution in [-0.4, -0.2) is 19.1 Å². The van der Waals surface area contributed by atoms with E-state index in [9.17, 15) is 0 Å². The summed E-state index contributed by atoms with van der Waals surface area (Å²) < 4.78 is 17.9. The zero-order chi connectivity index (χ0) is 32.5. The number of benzene rings is 7. The number of nitrogens with zero attached hydrogens (tertiary/aromatic N) is 4. The van der Waals surface area contributed by atoms with Gasteiger partial charge in [0.15, 0.2) is 0 Å². The fourth-order valence-electron chi connectivity index (χ4n) is 8.32. The highest BCUT2D eigenvalue weighted by molar-refractivity contribution is 6.39. The predicted molar refractivity (Wildman–Crippen MR) is 201 cm³/mol. The number of para-hydroxylation sites is 5. The van der Waals surface area contributed by atoms with Gasteiger partial charge in [-0.25, -0.2) is 9.97 Å². The van der Waals surface area contributed by atoms with E-state index in [2.05, 4.69) is 112 Å². The maximum absolute atomic E-state index is 6.90. The van der Waals surface area contributed by atoms with Crippen LogP contribution in [0.25, 0.3) is 99.3 Å². The molecule has 4 aromatic heterocycles. The SMILES string of the molecule is c1ccc(-n2c3ccccc3c3c4c5ccccc5oc4c4c5ccccc5n(-c5nc6c7c(cccc7n5)Oc5ccccc5-6)c4c32)cc1. The molecule has 0 spiro atoms. The minimum atomic E-state index is 0.592. The van der Waals surface area contributed by atoms with Gasteiger partial charge in [-0.1, -0.05) is 91.0 Å². The van der Waals surface area contributed by atoms with E-state index in [1.165, 1.54) is 0 Å². The van der Waals surface area contributed by atoms with Gasteiger partial charge in [0.05, 0.1) is 44.0 Å². The third kappa shape index (κ3) is 3.22. The molecule has 0 radical (unpaired) electrons. The van der Waals surface area contributed by atoms with Crippen LogP contribution < -0.4 is 4.74 Å². The number of furan rings is 1. The summed E-state index contributed by atoms with van der Waals surface area (Å²) >= 11 is 0. The molecule has 0 aliphatic carbocycles. The molecule has 0 amide bonds. The van der Waals surface area contributed by atoms with Gasteiger partial charge in [-0.15, -0.1) is 0 Å². The Hall–Kier alpha value is -6.92. The molecule has 0 atom stereocenters. The van der Waals surface area contributed by atoms with E-state index in [-0.39, 0.29) is 0 Å². The van der Waals surface area contributed by atoms with Gasteiger partial charge in [-0.3, -0.25) is 4.57 Å². The van der Waals surface area contributed by atoms with E-state index in [4.69, 9.17) is 19.1 Å². The van der Waals surface area contributed by atoms with Crippen molar-refractivity contribution < 1.29 is 9.15 Å². The van der Waals surface area contributed by atoms with E-state index in [1.807, 2.05) is 42.5 Å². The summed E-state index contributed by atoms with van der Waals surface area (Å²) in [7, 11) is 0. The molecule has 6 heteroatoms. The molecular weight excluding hydrogens is 617 g/mol. The molecule has 0 fully saturated rings. The number of fused-ring (bicyclic) bond motifs is 14. The number of aromatic nitrogens is 4. The first-order chi connectivity index (χ1) is 24.8. The van der Waals surface area contributed by atoms with Gasteiger partial charge in [0.2, 0.25) is 5.95 Å². The molecule has 11 aromatic rings. The molecule has 0 saturated heterocycles. The number of hydrogen-bond acceptors (Lipinski definition) is 4. The topological polar surface area (TPSA) is 58.0 Å². The summed E-state index contributed by atoms with van der Waals surface area (Å²) in [4.78, 5) is 10.7. The maximum Gasteiger partial charge on any atom is 0.235 e. The minimum Gasteiger partial charge on any atom is -0.456 e. The maximum atomic E-state index is 6.90. The van der Waals surface area contributed by atoms with Gasteiger partial charge in [-0.2, -0.15) is 0 Å². The van der Waals surface area contributed by atoms with Crippen molar-refractivity contribution in [2.75, 3.05) is 0 Å². The summed E-state index contributed by atoms with van der Waals surface area (Å²) in [6.45, 7) is 0. The summed E-state index contributed by atoms with van der Waals surface area (Å²) in [6.07, 6.45) is 0. The summed E-state index contributed by atoms with van der Waals surface area (Å²) in [6, 6.07) is 50.4. The lowest BCUT2D eigenvalue weighted by atomic mass is 10.0. The molecule has 6 nitrogen and oxygen atoms in total. The van der Waals surface area contributed by atoms with Crippen LogP contribution in [-0.2, 0) is 0 Å². The Labute approximate surface area is 284 Å². The molecule has 232 valence electrons. The monoisotopic (exact) mass is 640 g/mol. The average molecular weight is 641 g/mol. The van der Waals surface area contributed by atoms with Gasteiger partial charge in [0, 0.05) is 38.2 Å². The Kier molecular flexibility index (Phi) is 4.89. The third-order valence-corrected chi connectivity index (χ3v) is 10.3. The molecule has 0 unspecified atom stereocenters. The largest absolute Gasteiger partial charge is 0.456 e. The summed E-state index contributed by atoms with van der Waals surface area (Å²) in [5.74, 6) is 2.14. The lowest BCUT2D eigenvalue weighted by Gasteiger charge is -2.21. The number of ether oxygens (including phenoxy) is 1. The van der Waals surface area contributed by atoms with Crippen LogP contribution in [0.1, 0.15) is 0 Å². The number of hydrogen-bond donors (Lipinski definition) is 0. The quantitative estimate of drug-likeness (QED) is 0.189. The second-order valence-corrected chi connectivity index (χ2v) is 12.9. The van der Waals surface area contributed by atoms with Crippen molar-refractivity contribution in [1.82, 2.24) is 19.1 Å². The predicted octanol–water partition coefficient (Wildman–Crippen LogP) is 11.5. The average Bonchev–Trinajstić information content (AvgIpc) is 3.83. The molecule has 0 bridgehead atoms. The highest BCUT2D eigenvalue weighted by Crippen LogP contribution is 2.50. The minimum absolute atomic E-state index is 0.592. The van der Waals surface area contributed by atoms with Crippen molar-refractivity contribution in [3.05, 3.63) is 146 Å². The molecule has 1 aliphatic heterocycles. The summed E-state index contributed by atoms with van der Waals surface area (Å²) in [5, 5.41) is 7.54. The molecule has 0 N–H and O–H groups in total. The molecule has 7 aromatic carbocycles. The van der Waals surface area contributed by atoms with E-state index < -0.39 is 0 Å². The Bertz CT molecular complexity index is 3240. The van der Waals surface area contributed by atoms with E-state index in [1.54, 1.807) is 0 Å². The fraction of sp³-hybridized carbons (Fsp3) is 0. The smallest absolute Gasteiger partial charge is 0.235 e. The standard InChI is InChI=1S/C44H24N4O2/c1-2-13-25(14-3-1)47-31-20-8-4-15-26(31)36-37-28-17-6-10-22-33(28)50-43(37)38-27-16-5-9-21-32(27)48(42(38)41(36)47)44-45-30-19-12-24-35-39(30)40(46-44)29-18-7-11-23-34(29)49-35/h1-24H. The first kappa shape index (κ1) is 26.1. The van der Waals surface area contributed by atoms with Gasteiger partial charge in [0.1, 0.15) is 22.7 Å². The highest BCUT2D eigenvalue weighted by atomic mass is 16.5. The van der Waals surface area contributed by atoms with E-state index in [0.717, 1.165) is 105 Å². The van der Waals surface area contributed by atoms with Crippen LogP contribution in [0.4, 0.5) is 0 Å². The molecule has 5 heterocycles. The lowest BCUT2D eigenvalue weighted by Crippen LogP contribution is -2.07. The van der Waals surface area contributed by atoms with Crippen molar-refractivity contribution in [1.29, 1.82) is 0 Å². The molecular formula is C44H24N4O2. The zero-order valence-electron chi connectivity index (χ0n) is 26.5. The van der Waals surface area contributed by atoms with Crippen LogP contribution in [0.2, 0.25) is 0 Å². The van der Waals surface area contributed by atoms with Crippen molar-refractivity contribution in [2.45, 2.75) is 0 Å². The third-order valence-electron chi connectivity index (χ3n) is 10.3. The number of rotatable bonds is 2. The van der Waals surface area contributed by atoms with Crippen molar-refractivity contribution in [3.63, 3.8) is 0 Å². The second kappa shape index (κ2) is 9.36. The zero-order valence-corrected chi connectivity index (χ0v) is 26.5. The van der Waals surface area contributed by atoms with Gasteiger partial charge in [-0.05, 0) is 54.6 Å². The van der Waals surface area contributed by atoms with Crippen LogP contribution in [0.5, 0.6) is 11.5 Å². The van der Waals surface area contributed by atoms with Gasteiger partial charge < -0.3 is 13.7 Å². The fourth-order valence-corrected chi connectivity index (χ4v) is 8.32. The first-order valence-electron chi connectivity index (χ1n) is 16.8. The summed E-state index contributed by atoms with van der Waals surface area (Å²) in [5.41, 5.74) is 9.64. The van der Waals surface area contributed by atoms with Crippen molar-refractivity contribution in [2.24, 2.45) is 0 Å². The molecule has 12 rings (SSSR count). The van der Waals surface area contributed by atoms with Gasteiger partial charge in [0.25, 0.3) is 0 Å². The van der Waals surface area contributed by atoms with Crippen LogP contribution in [0.3, 0.4) is 0 Å². The second-order valence-electron chi connectivity index (χ2n) is 12.9. The highest BCUT2D eigenvalue weighted by Gasteiger charge is 2.30. The van der Waals surface area contributed by atoms with E-state index >= 15 is 0 Å². The van der Waals surface area contributed by atoms with Gasteiger partial charge >= 0.3 is 0 Å². The van der Waals surface area contributed by atoms with Crippen molar-refractivity contribution >= 4 is 76.5 Å². The van der Waals surface area contributed by atoms with Crippen LogP contribution >= 0.6 is 0 Å². The first-order valence-corrected chi connectivity index (χ1v) is 16.8. The molecule has 50 heavy (non-hydrogen) atoms. The van der Waals surface area contributed by atoms with E-state index in [0.29, 0.717) is 5.95 Å². The van der Waals surface area contributed by atoms with Crippen molar-refractivity contribution in [3.8, 4) is 34.4 Å². The normalized spacial score (nSPS) is 12.6. The van der Waals surface area contributed by atoms with Crippen LogP contribution in [0.15, 0.2) is 150 Å². The Morgan fingerprint density at radius 1 is 0.460 bits per heavy atom. The molecule has 1 aliphatic rings. The molecule has 0 saturated carbocycles. The Morgan fingerprint density at radius 2 is 1.12 bits per heavy atom. The lowest BCUT2D eigenvalue weighted by molar-refractivity contribution is 0.486. The van der Waals surface area contributed by atoms with Crippen LogP contribution in [0, 0.1) is 0 Å². The Balaban J connectivity index is 1.38. The Morgan fingerprint density at radius 3 is 1.98 bits per heavy atom.